The van der Waals surface area contributed by atoms with Gasteiger partial charge in [-0.15, -0.1) is 11.8 Å². The van der Waals surface area contributed by atoms with Crippen LogP contribution in [0.2, 0.25) is 0 Å². The molecule has 1 aromatic rings. The predicted molar refractivity (Wildman–Crippen MR) is 70.6 cm³/mol. The Balaban J connectivity index is 2.37. The summed E-state index contributed by atoms with van der Waals surface area (Å²) in [6.45, 7) is 0.957. The third-order valence-electron chi connectivity index (χ3n) is 2.70. The van der Waals surface area contributed by atoms with Gasteiger partial charge in [0, 0.05) is 32.5 Å². The standard InChI is InChI=1S/C11H15N3O2S/c1-13(2)9-4-3-8(7-10(9)14(15)16)11-12-5-6-17-11/h3-4,7,11-12H,5-6H2,1-2H3. The van der Waals surface area contributed by atoms with Crippen molar-refractivity contribution < 1.29 is 4.92 Å². The first-order chi connectivity index (χ1) is 8.09. The van der Waals surface area contributed by atoms with Crippen molar-refractivity contribution in [1.29, 1.82) is 0 Å². The van der Waals surface area contributed by atoms with E-state index in [1.165, 1.54) is 0 Å². The van der Waals surface area contributed by atoms with Crippen LogP contribution in [0.4, 0.5) is 11.4 Å². The monoisotopic (exact) mass is 253 g/mol. The largest absolute Gasteiger partial charge is 0.372 e. The average molecular weight is 253 g/mol. The quantitative estimate of drug-likeness (QED) is 0.659. The van der Waals surface area contributed by atoms with Crippen LogP contribution in [-0.2, 0) is 0 Å². The van der Waals surface area contributed by atoms with Crippen LogP contribution in [0.25, 0.3) is 0 Å². The van der Waals surface area contributed by atoms with Gasteiger partial charge >= 0.3 is 0 Å². The summed E-state index contributed by atoms with van der Waals surface area (Å²) in [5, 5.41) is 14.5. The summed E-state index contributed by atoms with van der Waals surface area (Å²) in [6.07, 6.45) is 0. The summed E-state index contributed by atoms with van der Waals surface area (Å²) in [5.41, 5.74) is 1.79. The molecule has 1 fully saturated rings. The van der Waals surface area contributed by atoms with Gasteiger partial charge in [-0.3, -0.25) is 10.1 Å². The molecule has 1 aromatic carbocycles. The average Bonchev–Trinajstić information content (AvgIpc) is 2.81. The summed E-state index contributed by atoms with van der Waals surface area (Å²) in [4.78, 5) is 12.5. The van der Waals surface area contributed by atoms with E-state index < -0.39 is 0 Å². The van der Waals surface area contributed by atoms with Crippen molar-refractivity contribution in [3.8, 4) is 0 Å². The molecule has 1 heterocycles. The number of nitro groups is 1. The van der Waals surface area contributed by atoms with Gasteiger partial charge in [0.2, 0.25) is 0 Å². The Labute approximate surface area is 104 Å². The summed E-state index contributed by atoms with van der Waals surface area (Å²) >= 11 is 1.78. The van der Waals surface area contributed by atoms with Crippen molar-refractivity contribution in [3.05, 3.63) is 33.9 Å². The lowest BCUT2D eigenvalue weighted by atomic mass is 10.1. The zero-order chi connectivity index (χ0) is 12.4. The summed E-state index contributed by atoms with van der Waals surface area (Å²) in [6, 6.07) is 5.44. The van der Waals surface area contributed by atoms with Crippen LogP contribution >= 0.6 is 11.8 Å². The molecule has 0 aromatic heterocycles. The Hall–Kier alpha value is -1.27. The van der Waals surface area contributed by atoms with Gasteiger partial charge in [0.25, 0.3) is 5.69 Å². The van der Waals surface area contributed by atoms with Crippen molar-refractivity contribution in [2.24, 2.45) is 0 Å². The topological polar surface area (TPSA) is 58.4 Å². The van der Waals surface area contributed by atoms with Crippen molar-refractivity contribution in [2.45, 2.75) is 5.37 Å². The maximum Gasteiger partial charge on any atom is 0.292 e. The molecule has 0 amide bonds. The first-order valence-corrected chi connectivity index (χ1v) is 6.45. The highest BCUT2D eigenvalue weighted by Crippen LogP contribution is 2.35. The molecule has 1 atom stereocenters. The predicted octanol–water partition coefficient (Wildman–Crippen LogP) is 2.00. The molecular weight excluding hydrogens is 238 g/mol. The third kappa shape index (κ3) is 2.53. The second kappa shape index (κ2) is 4.93. The van der Waals surface area contributed by atoms with E-state index in [1.54, 1.807) is 22.7 Å². The molecule has 1 N–H and O–H groups in total. The van der Waals surface area contributed by atoms with Gasteiger partial charge in [0.15, 0.2) is 0 Å². The second-order valence-electron chi connectivity index (χ2n) is 4.10. The minimum Gasteiger partial charge on any atom is -0.372 e. The highest BCUT2D eigenvalue weighted by Gasteiger charge is 2.22. The first kappa shape index (κ1) is 12.2. The minimum absolute atomic E-state index is 0.168. The van der Waals surface area contributed by atoms with E-state index in [9.17, 15) is 10.1 Å². The van der Waals surface area contributed by atoms with Crippen LogP contribution in [0, 0.1) is 10.1 Å². The second-order valence-corrected chi connectivity index (χ2v) is 5.32. The number of anilines is 1. The van der Waals surface area contributed by atoms with E-state index in [0.29, 0.717) is 5.69 Å². The van der Waals surface area contributed by atoms with E-state index in [4.69, 9.17) is 0 Å². The van der Waals surface area contributed by atoms with E-state index in [1.807, 2.05) is 26.2 Å². The molecule has 0 spiro atoms. The summed E-state index contributed by atoms with van der Waals surface area (Å²) in [5.74, 6) is 1.05. The summed E-state index contributed by atoms with van der Waals surface area (Å²) in [7, 11) is 3.62. The molecule has 0 bridgehead atoms. The molecule has 6 heteroatoms. The Morgan fingerprint density at radius 1 is 1.53 bits per heavy atom. The first-order valence-electron chi connectivity index (χ1n) is 5.40. The highest BCUT2D eigenvalue weighted by atomic mass is 32.2. The number of benzene rings is 1. The van der Waals surface area contributed by atoms with Gasteiger partial charge in [-0.05, 0) is 11.6 Å². The maximum absolute atomic E-state index is 11.0. The molecule has 1 saturated heterocycles. The van der Waals surface area contributed by atoms with Crippen LogP contribution in [0.5, 0.6) is 0 Å². The molecule has 0 radical (unpaired) electrons. The normalized spacial score (nSPS) is 19.3. The van der Waals surface area contributed by atoms with Crippen LogP contribution in [0.15, 0.2) is 18.2 Å². The zero-order valence-corrected chi connectivity index (χ0v) is 10.7. The Morgan fingerprint density at radius 2 is 2.29 bits per heavy atom. The Kier molecular flexibility index (Phi) is 3.54. The number of hydrogen-bond acceptors (Lipinski definition) is 5. The lowest BCUT2D eigenvalue weighted by Crippen LogP contribution is -2.14. The third-order valence-corrected chi connectivity index (χ3v) is 3.91. The van der Waals surface area contributed by atoms with Crippen molar-refractivity contribution >= 4 is 23.1 Å². The van der Waals surface area contributed by atoms with Gasteiger partial charge in [-0.1, -0.05) is 6.07 Å². The van der Waals surface area contributed by atoms with E-state index >= 15 is 0 Å². The fourth-order valence-corrected chi connectivity index (χ4v) is 2.91. The number of rotatable bonds is 3. The van der Waals surface area contributed by atoms with Gasteiger partial charge in [-0.25, -0.2) is 0 Å². The van der Waals surface area contributed by atoms with E-state index in [-0.39, 0.29) is 16.0 Å². The number of nitrogens with one attached hydrogen (secondary N) is 1. The van der Waals surface area contributed by atoms with Gasteiger partial charge in [0.05, 0.1) is 10.3 Å². The number of nitro benzene ring substituents is 1. The minimum atomic E-state index is -0.321. The molecular formula is C11H15N3O2S. The number of hydrogen-bond donors (Lipinski definition) is 1. The number of thioether (sulfide) groups is 1. The Bertz CT molecular complexity index is 431. The lowest BCUT2D eigenvalue weighted by Gasteiger charge is -2.15. The van der Waals surface area contributed by atoms with E-state index in [0.717, 1.165) is 17.9 Å². The molecule has 1 unspecified atom stereocenters. The zero-order valence-electron chi connectivity index (χ0n) is 9.84. The van der Waals surface area contributed by atoms with Gasteiger partial charge in [-0.2, -0.15) is 0 Å². The summed E-state index contributed by atoms with van der Waals surface area (Å²) < 4.78 is 0. The fraction of sp³-hybridized carbons (Fsp3) is 0.455. The van der Waals surface area contributed by atoms with Crippen LogP contribution in [0.1, 0.15) is 10.9 Å². The van der Waals surface area contributed by atoms with E-state index in [2.05, 4.69) is 5.32 Å². The van der Waals surface area contributed by atoms with Gasteiger partial charge in [0.1, 0.15) is 5.69 Å². The highest BCUT2D eigenvalue weighted by molar-refractivity contribution is 7.99. The smallest absolute Gasteiger partial charge is 0.292 e. The molecule has 2 rings (SSSR count). The molecule has 92 valence electrons. The molecule has 1 aliphatic heterocycles. The molecule has 5 nitrogen and oxygen atoms in total. The van der Waals surface area contributed by atoms with Crippen molar-refractivity contribution in [1.82, 2.24) is 5.32 Å². The van der Waals surface area contributed by atoms with Crippen LogP contribution in [0.3, 0.4) is 0 Å². The molecule has 0 saturated carbocycles. The fourth-order valence-electron chi connectivity index (χ4n) is 1.87. The Morgan fingerprint density at radius 3 is 2.82 bits per heavy atom. The molecule has 1 aliphatic rings. The van der Waals surface area contributed by atoms with Crippen LogP contribution in [-0.4, -0.2) is 31.3 Å². The van der Waals surface area contributed by atoms with Crippen LogP contribution < -0.4 is 10.2 Å². The van der Waals surface area contributed by atoms with Crippen molar-refractivity contribution in [2.75, 3.05) is 31.3 Å². The SMILES string of the molecule is CN(C)c1ccc(C2NCCS2)cc1[N+](=O)[O-]. The maximum atomic E-state index is 11.0. The molecule has 17 heavy (non-hydrogen) atoms. The number of nitrogens with zero attached hydrogens (tertiary/aromatic N) is 2. The van der Waals surface area contributed by atoms with Crippen molar-refractivity contribution in [3.63, 3.8) is 0 Å². The van der Waals surface area contributed by atoms with Gasteiger partial charge < -0.3 is 10.2 Å². The lowest BCUT2D eigenvalue weighted by molar-refractivity contribution is -0.384. The molecule has 0 aliphatic carbocycles.